The Hall–Kier alpha value is -3.88. The fourth-order valence-corrected chi connectivity index (χ4v) is 6.09. The molecule has 9 nitrogen and oxygen atoms in total. The highest BCUT2D eigenvalue weighted by Crippen LogP contribution is 2.48. The van der Waals surface area contributed by atoms with E-state index in [9.17, 15) is 24.3 Å². The van der Waals surface area contributed by atoms with Crippen molar-refractivity contribution in [2.75, 3.05) is 0 Å². The Kier molecular flexibility index (Phi) is 7.99. The maximum Gasteiger partial charge on any atom is 0.411 e. The van der Waals surface area contributed by atoms with Gasteiger partial charge in [-0.05, 0) is 63.1 Å². The highest BCUT2D eigenvalue weighted by molar-refractivity contribution is 5.92. The van der Waals surface area contributed by atoms with E-state index in [0.717, 1.165) is 16.0 Å². The number of nitrogens with zero attached hydrogens (tertiary/aromatic N) is 1. The van der Waals surface area contributed by atoms with Crippen LogP contribution in [0.1, 0.15) is 63.1 Å². The third-order valence-corrected chi connectivity index (χ3v) is 7.67. The molecule has 2 aromatic rings. The van der Waals surface area contributed by atoms with Crippen molar-refractivity contribution in [2.45, 2.75) is 88.4 Å². The van der Waals surface area contributed by atoms with Gasteiger partial charge in [-0.15, -0.1) is 0 Å². The van der Waals surface area contributed by atoms with Crippen molar-refractivity contribution in [1.82, 2.24) is 10.2 Å². The highest BCUT2D eigenvalue weighted by Gasteiger charge is 2.62. The zero-order valence-electron chi connectivity index (χ0n) is 22.7. The summed E-state index contributed by atoms with van der Waals surface area (Å²) >= 11 is 0. The quantitative estimate of drug-likeness (QED) is 0.474. The fraction of sp³-hybridized carbons (Fsp3) is 0.467. The monoisotopic (exact) mass is 535 g/mol. The molecule has 2 aromatic carbocycles. The lowest BCUT2D eigenvalue weighted by atomic mass is 9.71. The molecule has 1 saturated heterocycles. The number of carboxylic acid groups (broad SMARTS) is 1. The predicted molar refractivity (Wildman–Crippen MR) is 145 cm³/mol. The lowest BCUT2D eigenvalue weighted by molar-refractivity contribution is -0.143. The molecule has 0 bridgehead atoms. The van der Waals surface area contributed by atoms with Gasteiger partial charge < -0.3 is 20.9 Å². The van der Waals surface area contributed by atoms with Crippen LogP contribution < -0.4 is 11.1 Å². The van der Waals surface area contributed by atoms with Gasteiger partial charge in [-0.2, -0.15) is 0 Å². The minimum absolute atomic E-state index is 0.0686. The molecule has 1 aliphatic carbocycles. The highest BCUT2D eigenvalue weighted by atomic mass is 16.6. The summed E-state index contributed by atoms with van der Waals surface area (Å²) in [4.78, 5) is 53.6. The molecule has 0 aromatic heterocycles. The number of ether oxygens (including phenoxy) is 1. The number of carboxylic acids is 1. The third-order valence-electron chi connectivity index (χ3n) is 7.67. The zero-order chi connectivity index (χ0) is 28.4. The standard InChI is InChI=1S/C30H37N3O6/c1-29(2,3)39-28(38)33-23(26(35)36)18-22(32-24(34)15-9-12-19-10-5-4-6-11-19)25(33)30(27(31)37)17-16-20-13-7-8-14-21(20)30/h4-8,10-11,13-14,22-23,25H,9,12,15-18H2,1-3H3,(H2,31,37)(H,32,34)(H,35,36)/t22?,23-,25?,30?/m0/s1. The second-order valence-corrected chi connectivity index (χ2v) is 11.4. The molecule has 0 spiro atoms. The minimum Gasteiger partial charge on any atom is -0.480 e. The van der Waals surface area contributed by atoms with Gasteiger partial charge in [0.25, 0.3) is 0 Å². The normalized spacial score (nSPS) is 24.2. The van der Waals surface area contributed by atoms with Crippen LogP contribution in [-0.2, 0) is 37.4 Å². The Morgan fingerprint density at radius 2 is 1.74 bits per heavy atom. The number of hydrogen-bond donors (Lipinski definition) is 3. The number of aryl methyl sites for hydroxylation is 2. The summed E-state index contributed by atoms with van der Waals surface area (Å²) in [6.07, 6.45) is 1.41. The van der Waals surface area contributed by atoms with Crippen molar-refractivity contribution < 1.29 is 29.0 Å². The van der Waals surface area contributed by atoms with Crippen molar-refractivity contribution >= 4 is 23.9 Å². The van der Waals surface area contributed by atoms with Crippen LogP contribution in [0.3, 0.4) is 0 Å². The molecule has 0 radical (unpaired) electrons. The SMILES string of the molecule is CC(C)(C)OC(=O)N1C(C2(C(N)=O)CCc3ccccc32)C(NC(=O)CCCc2ccccc2)C[C@H]1C(=O)O. The summed E-state index contributed by atoms with van der Waals surface area (Å²) in [5, 5.41) is 13.1. The minimum atomic E-state index is -1.39. The van der Waals surface area contributed by atoms with Gasteiger partial charge in [0.1, 0.15) is 11.6 Å². The summed E-state index contributed by atoms with van der Waals surface area (Å²) in [6.45, 7) is 5.06. The van der Waals surface area contributed by atoms with Gasteiger partial charge in [0.2, 0.25) is 11.8 Å². The summed E-state index contributed by atoms with van der Waals surface area (Å²) in [5.74, 6) is -2.18. The lowest BCUT2D eigenvalue weighted by Crippen LogP contribution is -2.63. The van der Waals surface area contributed by atoms with Crippen molar-refractivity contribution in [2.24, 2.45) is 5.73 Å². The Morgan fingerprint density at radius 3 is 2.38 bits per heavy atom. The average molecular weight is 536 g/mol. The molecule has 4 rings (SSSR count). The van der Waals surface area contributed by atoms with E-state index in [1.54, 1.807) is 32.9 Å². The number of hydrogen-bond acceptors (Lipinski definition) is 5. The van der Waals surface area contributed by atoms with Crippen LogP contribution in [-0.4, -0.2) is 57.6 Å². The number of fused-ring (bicyclic) bond motifs is 1. The maximum atomic E-state index is 13.6. The number of rotatable bonds is 8. The Balaban J connectivity index is 1.69. The van der Waals surface area contributed by atoms with Crippen LogP contribution in [0.5, 0.6) is 0 Å². The smallest absolute Gasteiger partial charge is 0.411 e. The van der Waals surface area contributed by atoms with E-state index in [2.05, 4.69) is 5.32 Å². The van der Waals surface area contributed by atoms with Crippen molar-refractivity contribution in [1.29, 1.82) is 0 Å². The molecule has 1 heterocycles. The molecule has 9 heteroatoms. The second kappa shape index (κ2) is 11.1. The van der Waals surface area contributed by atoms with Gasteiger partial charge in [-0.25, -0.2) is 9.59 Å². The number of nitrogens with two attached hydrogens (primary N) is 1. The first-order chi connectivity index (χ1) is 18.4. The largest absolute Gasteiger partial charge is 0.480 e. The molecule has 1 aliphatic heterocycles. The van der Waals surface area contributed by atoms with E-state index < -0.39 is 47.1 Å². The number of carbonyl (C=O) groups is 4. The van der Waals surface area contributed by atoms with Crippen LogP contribution >= 0.6 is 0 Å². The van der Waals surface area contributed by atoms with Crippen LogP contribution in [0.15, 0.2) is 54.6 Å². The van der Waals surface area contributed by atoms with Crippen molar-refractivity contribution in [3.05, 3.63) is 71.3 Å². The van der Waals surface area contributed by atoms with Gasteiger partial charge in [0, 0.05) is 12.8 Å². The number of carbonyl (C=O) groups excluding carboxylic acids is 3. The fourth-order valence-electron chi connectivity index (χ4n) is 6.09. The van der Waals surface area contributed by atoms with Crippen LogP contribution in [0, 0.1) is 0 Å². The number of likely N-dealkylation sites (tertiary alicyclic amines) is 1. The summed E-state index contributed by atoms with van der Waals surface area (Å²) in [6, 6.07) is 14.0. The van der Waals surface area contributed by atoms with Crippen LogP contribution in [0.25, 0.3) is 0 Å². The van der Waals surface area contributed by atoms with E-state index in [0.29, 0.717) is 31.2 Å². The molecule has 1 fully saturated rings. The first kappa shape index (κ1) is 28.1. The molecule has 208 valence electrons. The van der Waals surface area contributed by atoms with Gasteiger partial charge in [0.05, 0.1) is 17.5 Å². The number of aliphatic carboxylic acids is 1. The average Bonchev–Trinajstić information content (AvgIpc) is 3.43. The molecular weight excluding hydrogens is 498 g/mol. The Labute approximate surface area is 228 Å². The molecule has 0 saturated carbocycles. The topological polar surface area (TPSA) is 139 Å². The maximum absolute atomic E-state index is 13.6. The van der Waals surface area contributed by atoms with Gasteiger partial charge >= 0.3 is 12.1 Å². The first-order valence-electron chi connectivity index (χ1n) is 13.4. The molecule has 2 aliphatic rings. The van der Waals surface area contributed by atoms with Gasteiger partial charge in [-0.3, -0.25) is 14.5 Å². The van der Waals surface area contributed by atoms with E-state index in [-0.39, 0.29) is 18.7 Å². The summed E-state index contributed by atoms with van der Waals surface area (Å²) < 4.78 is 5.63. The zero-order valence-corrected chi connectivity index (χ0v) is 22.7. The molecule has 39 heavy (non-hydrogen) atoms. The number of nitrogens with one attached hydrogen (secondary N) is 1. The number of amides is 3. The summed E-state index contributed by atoms with van der Waals surface area (Å²) in [7, 11) is 0. The van der Waals surface area contributed by atoms with E-state index in [1.165, 1.54) is 0 Å². The molecular formula is C30H37N3O6. The van der Waals surface area contributed by atoms with Gasteiger partial charge in [-0.1, -0.05) is 54.6 Å². The predicted octanol–water partition coefficient (Wildman–Crippen LogP) is 3.33. The van der Waals surface area contributed by atoms with E-state index in [4.69, 9.17) is 10.5 Å². The van der Waals surface area contributed by atoms with Crippen LogP contribution in [0.4, 0.5) is 4.79 Å². The first-order valence-corrected chi connectivity index (χ1v) is 13.4. The van der Waals surface area contributed by atoms with Crippen LogP contribution in [0.2, 0.25) is 0 Å². The number of benzene rings is 2. The van der Waals surface area contributed by atoms with Crippen molar-refractivity contribution in [3.8, 4) is 0 Å². The summed E-state index contributed by atoms with van der Waals surface area (Å²) in [5.41, 5.74) is 6.48. The molecule has 3 unspecified atom stereocenters. The molecule has 4 atom stereocenters. The Bertz CT molecular complexity index is 1240. The third kappa shape index (κ3) is 5.77. The van der Waals surface area contributed by atoms with Crippen molar-refractivity contribution in [3.63, 3.8) is 0 Å². The van der Waals surface area contributed by atoms with E-state index >= 15 is 0 Å². The van der Waals surface area contributed by atoms with E-state index in [1.807, 2.05) is 42.5 Å². The molecule has 4 N–H and O–H groups in total. The van der Waals surface area contributed by atoms with Gasteiger partial charge in [0.15, 0.2) is 0 Å². The Morgan fingerprint density at radius 1 is 1.08 bits per heavy atom. The lowest BCUT2D eigenvalue weighted by Gasteiger charge is -2.42. The number of primary amides is 1. The second-order valence-electron chi connectivity index (χ2n) is 11.4. The molecule has 3 amide bonds.